The van der Waals surface area contributed by atoms with Crippen molar-refractivity contribution in [3.8, 4) is 0 Å². The third-order valence-corrected chi connectivity index (χ3v) is 3.59. The number of carbonyl (C=O) groups is 1. The highest BCUT2D eigenvalue weighted by atomic mass is 79.9. The maximum Gasteiger partial charge on any atom is 0.309 e. The summed E-state index contributed by atoms with van der Waals surface area (Å²) in [6.45, 7) is 0. The lowest BCUT2D eigenvalue weighted by Crippen LogP contribution is -2.17. The number of hydrogen-bond acceptors (Lipinski definition) is 1. The molecule has 1 fully saturated rings. The second kappa shape index (κ2) is 3.59. The zero-order chi connectivity index (χ0) is 11.1. The van der Waals surface area contributed by atoms with Crippen molar-refractivity contribution in [3.63, 3.8) is 0 Å². The highest BCUT2D eigenvalue weighted by molar-refractivity contribution is 9.10. The van der Waals surface area contributed by atoms with E-state index in [1.165, 1.54) is 12.1 Å². The van der Waals surface area contributed by atoms with Gasteiger partial charge in [-0.25, -0.2) is 4.39 Å². The van der Waals surface area contributed by atoms with Crippen LogP contribution in [0.25, 0.3) is 0 Å². The number of carboxylic acids is 1. The molecule has 0 radical (unpaired) electrons. The summed E-state index contributed by atoms with van der Waals surface area (Å²) in [6.07, 6.45) is 1.90. The minimum atomic E-state index is -0.751. The lowest BCUT2D eigenvalue weighted by molar-refractivity contribution is -0.143. The van der Waals surface area contributed by atoms with E-state index >= 15 is 0 Å². The van der Waals surface area contributed by atoms with Crippen LogP contribution >= 0.6 is 15.9 Å². The normalized spacial score (nSPS) is 17.5. The number of rotatable bonds is 3. The topological polar surface area (TPSA) is 37.3 Å². The predicted molar refractivity (Wildman–Crippen MR) is 57.1 cm³/mol. The number of aliphatic carboxylic acids is 1. The summed E-state index contributed by atoms with van der Waals surface area (Å²) in [4.78, 5) is 11.0. The minimum absolute atomic E-state index is 0.314. The Morgan fingerprint density at radius 1 is 1.53 bits per heavy atom. The highest BCUT2D eigenvalue weighted by Crippen LogP contribution is 2.49. The first-order chi connectivity index (χ1) is 7.03. The van der Waals surface area contributed by atoms with E-state index in [1.807, 2.05) is 0 Å². The van der Waals surface area contributed by atoms with Gasteiger partial charge in [0, 0.05) is 4.47 Å². The smallest absolute Gasteiger partial charge is 0.309 e. The van der Waals surface area contributed by atoms with E-state index in [-0.39, 0.29) is 5.82 Å². The molecule has 2 rings (SSSR count). The van der Waals surface area contributed by atoms with E-state index < -0.39 is 11.4 Å². The fourth-order valence-electron chi connectivity index (χ4n) is 1.65. The van der Waals surface area contributed by atoms with Gasteiger partial charge in [-0.15, -0.1) is 0 Å². The molecule has 1 saturated carbocycles. The Hall–Kier alpha value is -0.900. The third-order valence-electron chi connectivity index (χ3n) is 2.85. The molecule has 0 saturated heterocycles. The average Bonchev–Trinajstić information content (AvgIpc) is 2.91. The molecule has 0 heterocycles. The van der Waals surface area contributed by atoms with Gasteiger partial charge in [-0.05, 0) is 37.0 Å². The molecule has 1 N–H and O–H groups in total. The van der Waals surface area contributed by atoms with Crippen molar-refractivity contribution in [2.24, 2.45) is 5.41 Å². The fraction of sp³-hybridized carbons (Fsp3) is 0.364. The molecule has 4 heteroatoms. The maximum atomic E-state index is 12.8. The first-order valence-corrected chi connectivity index (χ1v) is 5.50. The van der Waals surface area contributed by atoms with Gasteiger partial charge in [-0.3, -0.25) is 4.79 Å². The van der Waals surface area contributed by atoms with Gasteiger partial charge in [-0.2, -0.15) is 0 Å². The molecule has 0 aliphatic heterocycles. The summed E-state index contributed by atoms with van der Waals surface area (Å²) in [6, 6.07) is 4.37. The summed E-state index contributed by atoms with van der Waals surface area (Å²) in [5, 5.41) is 9.02. The molecule has 1 aromatic rings. The first-order valence-electron chi connectivity index (χ1n) is 4.71. The molecule has 0 unspecified atom stereocenters. The maximum absolute atomic E-state index is 12.8. The number of benzene rings is 1. The van der Waals surface area contributed by atoms with Crippen LogP contribution in [0.5, 0.6) is 0 Å². The monoisotopic (exact) mass is 272 g/mol. The van der Waals surface area contributed by atoms with Crippen molar-refractivity contribution in [2.45, 2.75) is 19.3 Å². The Labute approximate surface area is 95.2 Å². The summed E-state index contributed by atoms with van der Waals surface area (Å²) in [7, 11) is 0. The lowest BCUT2D eigenvalue weighted by atomic mass is 9.97. The molecule has 0 aromatic heterocycles. The predicted octanol–water partition coefficient (Wildman–Crippen LogP) is 3.00. The Morgan fingerprint density at radius 2 is 2.20 bits per heavy atom. The zero-order valence-corrected chi connectivity index (χ0v) is 9.55. The number of halogens is 2. The molecule has 1 aliphatic carbocycles. The number of hydrogen-bond donors (Lipinski definition) is 1. The summed E-state index contributed by atoms with van der Waals surface area (Å²) in [5.41, 5.74) is 0.261. The molecular formula is C11H10BrFO2. The Morgan fingerprint density at radius 3 is 2.67 bits per heavy atom. The van der Waals surface area contributed by atoms with Gasteiger partial charge in [-0.1, -0.05) is 22.0 Å². The summed E-state index contributed by atoms with van der Waals surface area (Å²) in [5.74, 6) is -1.07. The Bertz CT molecular complexity index is 413. The molecule has 1 aromatic carbocycles. The van der Waals surface area contributed by atoms with Crippen molar-refractivity contribution in [1.82, 2.24) is 0 Å². The van der Waals surface area contributed by atoms with E-state index in [1.54, 1.807) is 6.07 Å². The van der Waals surface area contributed by atoms with Crippen LogP contribution in [-0.4, -0.2) is 11.1 Å². The van der Waals surface area contributed by atoms with E-state index in [0.717, 1.165) is 5.56 Å². The molecule has 2 nitrogen and oxygen atoms in total. The van der Waals surface area contributed by atoms with Crippen LogP contribution in [-0.2, 0) is 11.2 Å². The van der Waals surface area contributed by atoms with Crippen LogP contribution in [0.4, 0.5) is 4.39 Å². The quantitative estimate of drug-likeness (QED) is 0.919. The second-order valence-electron chi connectivity index (χ2n) is 4.00. The van der Waals surface area contributed by atoms with Crippen molar-refractivity contribution < 1.29 is 14.3 Å². The van der Waals surface area contributed by atoms with Crippen LogP contribution in [0, 0.1) is 11.2 Å². The van der Waals surface area contributed by atoms with Gasteiger partial charge in [0.1, 0.15) is 5.82 Å². The van der Waals surface area contributed by atoms with Crippen LogP contribution < -0.4 is 0 Å². The van der Waals surface area contributed by atoms with Gasteiger partial charge < -0.3 is 5.11 Å². The standard InChI is InChI=1S/C11H10BrFO2/c12-9-5-8(13)2-1-7(9)6-11(3-4-11)10(14)15/h1-2,5H,3-4,6H2,(H,14,15). The largest absolute Gasteiger partial charge is 0.481 e. The van der Waals surface area contributed by atoms with Gasteiger partial charge in [0.25, 0.3) is 0 Å². The Kier molecular flexibility index (Phi) is 2.54. The molecule has 80 valence electrons. The van der Waals surface area contributed by atoms with Gasteiger partial charge in [0.2, 0.25) is 0 Å². The molecule has 0 bridgehead atoms. The molecule has 1 aliphatic rings. The molecule has 0 amide bonds. The fourth-order valence-corrected chi connectivity index (χ4v) is 2.14. The zero-order valence-electron chi connectivity index (χ0n) is 7.96. The third kappa shape index (κ3) is 2.04. The first kappa shape index (κ1) is 10.6. The van der Waals surface area contributed by atoms with Gasteiger partial charge in [0.15, 0.2) is 0 Å². The molecule has 0 atom stereocenters. The van der Waals surface area contributed by atoms with Crippen LogP contribution in [0.15, 0.2) is 22.7 Å². The van der Waals surface area contributed by atoms with Gasteiger partial charge >= 0.3 is 5.97 Å². The van der Waals surface area contributed by atoms with Crippen LogP contribution in [0.2, 0.25) is 0 Å². The average molecular weight is 273 g/mol. The minimum Gasteiger partial charge on any atom is -0.481 e. The SMILES string of the molecule is O=C(O)C1(Cc2ccc(F)cc2Br)CC1. The van der Waals surface area contributed by atoms with Crippen LogP contribution in [0.1, 0.15) is 18.4 Å². The van der Waals surface area contributed by atoms with Crippen molar-refractivity contribution in [1.29, 1.82) is 0 Å². The van der Waals surface area contributed by atoms with Crippen molar-refractivity contribution in [2.75, 3.05) is 0 Å². The van der Waals surface area contributed by atoms with Crippen molar-refractivity contribution >= 4 is 21.9 Å². The van der Waals surface area contributed by atoms with Gasteiger partial charge in [0.05, 0.1) is 5.41 Å². The highest BCUT2D eigenvalue weighted by Gasteiger charge is 2.50. The summed E-state index contributed by atoms with van der Waals surface area (Å²) < 4.78 is 13.5. The molecule has 15 heavy (non-hydrogen) atoms. The lowest BCUT2D eigenvalue weighted by Gasteiger charge is -2.10. The van der Waals surface area contributed by atoms with Crippen LogP contribution in [0.3, 0.4) is 0 Å². The molecule has 0 spiro atoms. The second-order valence-corrected chi connectivity index (χ2v) is 4.85. The van der Waals surface area contributed by atoms with E-state index in [0.29, 0.717) is 23.7 Å². The Balaban J connectivity index is 2.21. The van der Waals surface area contributed by atoms with E-state index in [2.05, 4.69) is 15.9 Å². The number of carboxylic acid groups (broad SMARTS) is 1. The van der Waals surface area contributed by atoms with Crippen molar-refractivity contribution in [3.05, 3.63) is 34.1 Å². The van der Waals surface area contributed by atoms with E-state index in [9.17, 15) is 9.18 Å². The molecular weight excluding hydrogens is 263 g/mol. The summed E-state index contributed by atoms with van der Waals surface area (Å²) >= 11 is 3.24. The van der Waals surface area contributed by atoms with E-state index in [4.69, 9.17) is 5.11 Å².